The van der Waals surface area contributed by atoms with Crippen LogP contribution in [0.5, 0.6) is 0 Å². The molecule has 1 amide bonds. The minimum atomic E-state index is -0.0685. The van der Waals surface area contributed by atoms with Crippen LogP contribution in [0.2, 0.25) is 0 Å². The predicted molar refractivity (Wildman–Crippen MR) is 130 cm³/mol. The fraction of sp³-hybridized carbons (Fsp3) is 0.185. The molecule has 0 atom stereocenters. The van der Waals surface area contributed by atoms with Crippen molar-refractivity contribution in [3.05, 3.63) is 102 Å². The molecule has 0 aliphatic rings. The van der Waals surface area contributed by atoms with Crippen molar-refractivity contribution < 1.29 is 9.21 Å². The molecular formula is C27H25N5O2. The Kier molecular flexibility index (Phi) is 5.91. The lowest BCUT2D eigenvalue weighted by atomic mass is 10.0. The van der Waals surface area contributed by atoms with Gasteiger partial charge in [0, 0.05) is 30.5 Å². The Labute approximate surface area is 197 Å². The van der Waals surface area contributed by atoms with Gasteiger partial charge < -0.3 is 9.32 Å². The Hall–Kier alpha value is -4.26. The van der Waals surface area contributed by atoms with Crippen molar-refractivity contribution in [1.29, 1.82) is 0 Å². The van der Waals surface area contributed by atoms with Crippen LogP contribution < -0.4 is 0 Å². The zero-order chi connectivity index (χ0) is 23.5. The Morgan fingerprint density at radius 1 is 1.06 bits per heavy atom. The third-order valence-corrected chi connectivity index (χ3v) is 5.75. The number of nitrogens with zero attached hydrogens (tertiary/aromatic N) is 5. The summed E-state index contributed by atoms with van der Waals surface area (Å²) in [5.41, 5.74) is 3.86. The molecule has 0 saturated carbocycles. The molecule has 0 unspecified atom stereocenters. The lowest BCUT2D eigenvalue weighted by molar-refractivity contribution is 0.0692. The fourth-order valence-electron chi connectivity index (χ4n) is 3.98. The molecule has 34 heavy (non-hydrogen) atoms. The Morgan fingerprint density at radius 2 is 1.91 bits per heavy atom. The topological polar surface area (TPSA) is 77.1 Å². The smallest absolute Gasteiger partial charge is 0.255 e. The van der Waals surface area contributed by atoms with Crippen LogP contribution in [0.15, 0.2) is 89.9 Å². The molecule has 0 fully saturated rings. The Morgan fingerprint density at radius 3 is 2.62 bits per heavy atom. The molecule has 7 nitrogen and oxygen atoms in total. The van der Waals surface area contributed by atoms with Crippen molar-refractivity contribution in [2.75, 3.05) is 0 Å². The number of carbonyl (C=O) groups is 1. The fourth-order valence-corrected chi connectivity index (χ4v) is 3.98. The summed E-state index contributed by atoms with van der Waals surface area (Å²) in [4.78, 5) is 24.9. The van der Waals surface area contributed by atoms with Crippen LogP contribution in [0.4, 0.5) is 0 Å². The van der Waals surface area contributed by atoms with Gasteiger partial charge in [0.1, 0.15) is 12.3 Å². The second kappa shape index (κ2) is 9.31. The van der Waals surface area contributed by atoms with E-state index in [2.05, 4.69) is 10.1 Å². The number of furan rings is 1. The van der Waals surface area contributed by atoms with Gasteiger partial charge in [0.15, 0.2) is 5.65 Å². The first kappa shape index (κ1) is 21.6. The molecule has 0 N–H and O–H groups in total. The zero-order valence-corrected chi connectivity index (χ0v) is 19.1. The van der Waals surface area contributed by atoms with Gasteiger partial charge >= 0.3 is 0 Å². The first-order valence-corrected chi connectivity index (χ1v) is 11.2. The summed E-state index contributed by atoms with van der Waals surface area (Å²) in [5, 5.41) is 5.27. The summed E-state index contributed by atoms with van der Waals surface area (Å²) in [6, 6.07) is 19.3. The third kappa shape index (κ3) is 4.32. The molecule has 0 radical (unpaired) electrons. The molecule has 0 saturated heterocycles. The predicted octanol–water partition coefficient (Wildman–Crippen LogP) is 5.19. The van der Waals surface area contributed by atoms with E-state index in [1.54, 1.807) is 29.5 Å². The first-order valence-electron chi connectivity index (χ1n) is 11.2. The van der Waals surface area contributed by atoms with Gasteiger partial charge in [-0.1, -0.05) is 36.4 Å². The van der Waals surface area contributed by atoms with Crippen LogP contribution in [-0.4, -0.2) is 36.6 Å². The lowest BCUT2D eigenvalue weighted by Gasteiger charge is -2.27. The molecule has 0 bridgehead atoms. The summed E-state index contributed by atoms with van der Waals surface area (Å²) < 4.78 is 7.29. The number of hydrogen-bond donors (Lipinski definition) is 0. The van der Waals surface area contributed by atoms with E-state index in [0.717, 1.165) is 22.6 Å². The van der Waals surface area contributed by atoms with Gasteiger partial charge in [-0.25, -0.2) is 9.67 Å². The molecule has 0 aliphatic heterocycles. The Bertz CT molecular complexity index is 1390. The van der Waals surface area contributed by atoms with E-state index in [0.29, 0.717) is 29.7 Å². The molecule has 1 aromatic carbocycles. The van der Waals surface area contributed by atoms with E-state index in [-0.39, 0.29) is 11.9 Å². The lowest BCUT2D eigenvalue weighted by Crippen LogP contribution is -2.36. The molecule has 5 rings (SSSR count). The molecule has 5 aromatic rings. The Balaban J connectivity index is 1.62. The largest absolute Gasteiger partial charge is 0.467 e. The van der Waals surface area contributed by atoms with Gasteiger partial charge in [0.2, 0.25) is 0 Å². The minimum Gasteiger partial charge on any atom is -0.467 e. The number of aromatic nitrogens is 4. The summed E-state index contributed by atoms with van der Waals surface area (Å²) in [6.07, 6.45) is 6.88. The third-order valence-electron chi connectivity index (χ3n) is 5.75. The number of fused-ring (bicyclic) bond motifs is 1. The van der Waals surface area contributed by atoms with Crippen LogP contribution in [0, 0.1) is 0 Å². The average Bonchev–Trinajstić information content (AvgIpc) is 3.53. The van der Waals surface area contributed by atoms with Crippen LogP contribution in [-0.2, 0) is 13.1 Å². The summed E-state index contributed by atoms with van der Waals surface area (Å²) in [5.74, 6) is 0.700. The van der Waals surface area contributed by atoms with Gasteiger partial charge in [-0.05, 0) is 43.7 Å². The van der Waals surface area contributed by atoms with Crippen LogP contribution in [0.1, 0.15) is 35.5 Å². The molecule has 0 aliphatic carbocycles. The molecule has 4 aromatic heterocycles. The number of pyridine rings is 2. The van der Waals surface area contributed by atoms with Gasteiger partial charge in [-0.3, -0.25) is 9.78 Å². The monoisotopic (exact) mass is 451 g/mol. The second-order valence-corrected chi connectivity index (χ2v) is 8.43. The number of hydrogen-bond acceptors (Lipinski definition) is 5. The quantitative estimate of drug-likeness (QED) is 0.341. The normalized spacial score (nSPS) is 11.3. The molecular weight excluding hydrogens is 426 g/mol. The van der Waals surface area contributed by atoms with E-state index in [4.69, 9.17) is 9.40 Å². The molecule has 0 spiro atoms. The zero-order valence-electron chi connectivity index (χ0n) is 19.1. The van der Waals surface area contributed by atoms with Crippen molar-refractivity contribution in [3.8, 4) is 11.3 Å². The SMILES string of the molecule is CC(C)N(Cc1cccnc1)C(=O)c1cc(-c2ccccc2)nc2c1cnn2Cc1ccco1. The second-order valence-electron chi connectivity index (χ2n) is 8.43. The van der Waals surface area contributed by atoms with E-state index < -0.39 is 0 Å². The molecule has 170 valence electrons. The van der Waals surface area contributed by atoms with Crippen molar-refractivity contribution in [2.24, 2.45) is 0 Å². The van der Waals surface area contributed by atoms with E-state index in [1.807, 2.05) is 79.4 Å². The molecule has 7 heteroatoms. The van der Waals surface area contributed by atoms with Gasteiger partial charge in [0.05, 0.1) is 29.1 Å². The minimum absolute atomic E-state index is 0.00531. The summed E-state index contributed by atoms with van der Waals surface area (Å²) in [6.45, 7) is 4.94. The van der Waals surface area contributed by atoms with E-state index in [9.17, 15) is 4.79 Å². The van der Waals surface area contributed by atoms with Gasteiger partial charge in [0.25, 0.3) is 5.91 Å². The maximum absolute atomic E-state index is 13.9. The van der Waals surface area contributed by atoms with E-state index >= 15 is 0 Å². The van der Waals surface area contributed by atoms with Crippen molar-refractivity contribution in [3.63, 3.8) is 0 Å². The van der Waals surface area contributed by atoms with Crippen LogP contribution in [0.25, 0.3) is 22.3 Å². The number of rotatable bonds is 7. The molecule has 4 heterocycles. The highest BCUT2D eigenvalue weighted by Crippen LogP contribution is 2.27. The van der Waals surface area contributed by atoms with Crippen LogP contribution >= 0.6 is 0 Å². The highest BCUT2D eigenvalue weighted by molar-refractivity contribution is 6.06. The maximum Gasteiger partial charge on any atom is 0.255 e. The number of amides is 1. The average molecular weight is 452 g/mol. The summed E-state index contributed by atoms with van der Waals surface area (Å²) in [7, 11) is 0. The standard InChI is InChI=1S/C27H25N5O2/c1-19(2)31(17-20-8-6-12-28-15-20)27(33)23-14-25(21-9-4-3-5-10-21)30-26-24(23)16-29-32(26)18-22-11-7-13-34-22/h3-16,19H,17-18H2,1-2H3. The van der Waals surface area contributed by atoms with E-state index in [1.165, 1.54) is 0 Å². The maximum atomic E-state index is 13.9. The van der Waals surface area contributed by atoms with Crippen molar-refractivity contribution in [1.82, 2.24) is 24.6 Å². The van der Waals surface area contributed by atoms with Crippen molar-refractivity contribution >= 4 is 16.9 Å². The highest BCUT2D eigenvalue weighted by atomic mass is 16.3. The number of benzene rings is 1. The van der Waals surface area contributed by atoms with Crippen molar-refractivity contribution in [2.45, 2.75) is 33.0 Å². The highest BCUT2D eigenvalue weighted by Gasteiger charge is 2.24. The number of carbonyl (C=O) groups excluding carboxylic acids is 1. The van der Waals surface area contributed by atoms with Gasteiger partial charge in [-0.2, -0.15) is 5.10 Å². The summed E-state index contributed by atoms with van der Waals surface area (Å²) >= 11 is 0. The first-order chi connectivity index (χ1) is 16.6. The van der Waals surface area contributed by atoms with Crippen LogP contribution in [0.3, 0.4) is 0 Å². The van der Waals surface area contributed by atoms with Gasteiger partial charge in [-0.15, -0.1) is 0 Å².